The summed E-state index contributed by atoms with van der Waals surface area (Å²) in [4.78, 5) is 5.47. The highest BCUT2D eigenvalue weighted by Gasteiger charge is 2.11. The minimum absolute atomic E-state index is 0.0524. The number of aliphatic hydroxyl groups excluding tert-OH is 1. The molecule has 0 unspecified atom stereocenters. The molecule has 1 fully saturated rings. The largest absolute Gasteiger partial charge is 0.390 e. The number of likely N-dealkylation sites (tertiary alicyclic amines) is 1. The Morgan fingerprint density at radius 2 is 2.06 bits per heavy atom. The molecule has 1 aliphatic heterocycles. The van der Waals surface area contributed by atoms with Crippen LogP contribution in [0.4, 0.5) is 0 Å². The van der Waals surface area contributed by atoms with Crippen LogP contribution in [-0.2, 0) is 13.2 Å². The van der Waals surface area contributed by atoms with Gasteiger partial charge in [0, 0.05) is 12.7 Å². The third-order valence-corrected chi connectivity index (χ3v) is 3.51. The maximum Gasteiger partial charge on any atom is 0.177 e. The molecule has 0 aliphatic carbocycles. The van der Waals surface area contributed by atoms with E-state index >= 15 is 0 Å². The second kappa shape index (κ2) is 5.61. The molecule has 1 saturated heterocycles. The number of rotatable bonds is 5. The molecule has 0 spiro atoms. The number of hydrogen-bond donors (Lipinski definition) is 2. The summed E-state index contributed by atoms with van der Waals surface area (Å²) >= 11 is 5.17. The minimum atomic E-state index is 0.0524. The maximum absolute atomic E-state index is 9.15. The van der Waals surface area contributed by atoms with Gasteiger partial charge in [0.25, 0.3) is 0 Å². The van der Waals surface area contributed by atoms with Gasteiger partial charge in [-0.05, 0) is 51.1 Å². The summed E-state index contributed by atoms with van der Waals surface area (Å²) in [5.41, 5.74) is 0.881. The zero-order valence-electron chi connectivity index (χ0n) is 9.48. The number of nitrogens with one attached hydrogen (secondary N) is 1. The third-order valence-electron chi connectivity index (χ3n) is 3.17. The summed E-state index contributed by atoms with van der Waals surface area (Å²) in [6.07, 6.45) is 5.56. The number of imidazole rings is 1. The summed E-state index contributed by atoms with van der Waals surface area (Å²) in [6, 6.07) is 0. The predicted molar refractivity (Wildman–Crippen MR) is 65.8 cm³/mol. The lowest BCUT2D eigenvalue weighted by molar-refractivity contribution is 0.267. The molecule has 90 valence electrons. The van der Waals surface area contributed by atoms with Crippen molar-refractivity contribution in [1.82, 2.24) is 14.5 Å². The highest BCUT2D eigenvalue weighted by atomic mass is 32.1. The zero-order valence-corrected chi connectivity index (χ0v) is 10.3. The van der Waals surface area contributed by atoms with E-state index in [2.05, 4.69) is 9.88 Å². The predicted octanol–water partition coefficient (Wildman–Crippen LogP) is 1.52. The molecule has 2 rings (SSSR count). The van der Waals surface area contributed by atoms with Gasteiger partial charge in [0.15, 0.2) is 4.77 Å². The molecule has 1 aliphatic rings. The van der Waals surface area contributed by atoms with E-state index in [1.807, 2.05) is 4.57 Å². The van der Waals surface area contributed by atoms with Crippen LogP contribution in [0, 0.1) is 4.77 Å². The van der Waals surface area contributed by atoms with Crippen molar-refractivity contribution in [2.75, 3.05) is 19.6 Å². The highest BCUT2D eigenvalue weighted by molar-refractivity contribution is 7.71. The summed E-state index contributed by atoms with van der Waals surface area (Å²) < 4.78 is 2.70. The summed E-state index contributed by atoms with van der Waals surface area (Å²) in [7, 11) is 0. The SMILES string of the molecule is OCc1c[nH]c(=S)n1CCCN1CCCC1. The molecule has 0 aromatic carbocycles. The molecule has 0 atom stereocenters. The first-order valence-corrected chi connectivity index (χ1v) is 6.32. The number of aromatic nitrogens is 2. The van der Waals surface area contributed by atoms with Crippen LogP contribution in [0.3, 0.4) is 0 Å². The highest BCUT2D eigenvalue weighted by Crippen LogP contribution is 2.09. The van der Waals surface area contributed by atoms with Crippen molar-refractivity contribution in [3.63, 3.8) is 0 Å². The molecule has 1 aromatic heterocycles. The fourth-order valence-electron chi connectivity index (χ4n) is 2.27. The molecule has 0 amide bonds. The Labute approximate surface area is 101 Å². The molecule has 5 heteroatoms. The van der Waals surface area contributed by atoms with Crippen LogP contribution in [0.15, 0.2) is 6.20 Å². The Hall–Kier alpha value is -0.650. The molecular formula is C11H19N3OS. The minimum Gasteiger partial charge on any atom is -0.390 e. The number of aromatic amines is 1. The normalized spacial score (nSPS) is 17.1. The van der Waals surface area contributed by atoms with Crippen LogP contribution < -0.4 is 0 Å². The average Bonchev–Trinajstić information content (AvgIpc) is 2.90. The summed E-state index contributed by atoms with van der Waals surface area (Å²) in [5.74, 6) is 0. The number of H-pyrrole nitrogens is 1. The van der Waals surface area contributed by atoms with Crippen molar-refractivity contribution >= 4 is 12.2 Å². The van der Waals surface area contributed by atoms with E-state index in [4.69, 9.17) is 17.3 Å². The summed E-state index contributed by atoms with van der Waals surface area (Å²) in [6.45, 7) is 4.57. The molecule has 0 saturated carbocycles. The van der Waals surface area contributed by atoms with Crippen molar-refractivity contribution in [3.8, 4) is 0 Å². The van der Waals surface area contributed by atoms with E-state index in [9.17, 15) is 0 Å². The first kappa shape index (κ1) is 11.8. The van der Waals surface area contributed by atoms with Gasteiger partial charge < -0.3 is 19.6 Å². The van der Waals surface area contributed by atoms with Crippen LogP contribution in [-0.4, -0.2) is 39.2 Å². The quantitative estimate of drug-likeness (QED) is 0.768. The van der Waals surface area contributed by atoms with E-state index in [-0.39, 0.29) is 6.61 Å². The van der Waals surface area contributed by atoms with Gasteiger partial charge in [-0.25, -0.2) is 0 Å². The van der Waals surface area contributed by atoms with Crippen LogP contribution in [0.25, 0.3) is 0 Å². The topological polar surface area (TPSA) is 44.2 Å². The van der Waals surface area contributed by atoms with Gasteiger partial charge in [-0.15, -0.1) is 0 Å². The van der Waals surface area contributed by atoms with Crippen LogP contribution in [0.5, 0.6) is 0 Å². The Balaban J connectivity index is 1.84. The van der Waals surface area contributed by atoms with Crippen molar-refractivity contribution in [2.45, 2.75) is 32.4 Å². The van der Waals surface area contributed by atoms with E-state index in [0.29, 0.717) is 4.77 Å². The maximum atomic E-state index is 9.15. The number of nitrogens with zero attached hydrogens (tertiary/aromatic N) is 2. The van der Waals surface area contributed by atoms with Gasteiger partial charge in [-0.3, -0.25) is 0 Å². The lowest BCUT2D eigenvalue weighted by atomic mass is 10.3. The summed E-state index contributed by atoms with van der Waals surface area (Å²) in [5, 5.41) is 9.15. The van der Waals surface area contributed by atoms with Crippen LogP contribution >= 0.6 is 12.2 Å². The third kappa shape index (κ3) is 2.72. The molecular weight excluding hydrogens is 222 g/mol. The smallest absolute Gasteiger partial charge is 0.177 e. The van der Waals surface area contributed by atoms with Crippen LogP contribution in [0.1, 0.15) is 25.0 Å². The Morgan fingerprint density at radius 3 is 2.75 bits per heavy atom. The second-order valence-corrected chi connectivity index (χ2v) is 4.68. The molecule has 0 radical (unpaired) electrons. The molecule has 2 N–H and O–H groups in total. The first-order valence-electron chi connectivity index (χ1n) is 5.91. The zero-order chi connectivity index (χ0) is 11.4. The molecule has 0 bridgehead atoms. The van der Waals surface area contributed by atoms with Gasteiger partial charge in [0.2, 0.25) is 0 Å². The van der Waals surface area contributed by atoms with Crippen molar-refractivity contribution < 1.29 is 5.11 Å². The van der Waals surface area contributed by atoms with E-state index in [1.165, 1.54) is 25.9 Å². The lowest BCUT2D eigenvalue weighted by Crippen LogP contribution is -2.21. The van der Waals surface area contributed by atoms with E-state index in [1.54, 1.807) is 6.20 Å². The van der Waals surface area contributed by atoms with Gasteiger partial charge >= 0.3 is 0 Å². The van der Waals surface area contributed by atoms with Crippen molar-refractivity contribution in [1.29, 1.82) is 0 Å². The Morgan fingerprint density at radius 1 is 1.31 bits per heavy atom. The molecule has 4 nitrogen and oxygen atoms in total. The van der Waals surface area contributed by atoms with Crippen molar-refractivity contribution in [3.05, 3.63) is 16.7 Å². The number of hydrogen-bond acceptors (Lipinski definition) is 3. The monoisotopic (exact) mass is 241 g/mol. The van der Waals surface area contributed by atoms with Gasteiger partial charge in [0.1, 0.15) is 0 Å². The standard InChI is InChI=1S/C11H19N3OS/c15-9-10-8-12-11(16)14(10)7-3-6-13-4-1-2-5-13/h8,15H,1-7,9H2,(H,12,16). The second-order valence-electron chi connectivity index (χ2n) is 4.30. The number of aliphatic hydroxyl groups is 1. The Kier molecular flexibility index (Phi) is 4.15. The van der Waals surface area contributed by atoms with Gasteiger partial charge in [0.05, 0.1) is 12.3 Å². The fraction of sp³-hybridized carbons (Fsp3) is 0.727. The van der Waals surface area contributed by atoms with Gasteiger partial charge in [-0.1, -0.05) is 0 Å². The average molecular weight is 241 g/mol. The van der Waals surface area contributed by atoms with E-state index in [0.717, 1.165) is 25.2 Å². The Bertz CT molecular complexity index is 379. The molecule has 1 aromatic rings. The fourth-order valence-corrected chi connectivity index (χ4v) is 2.53. The van der Waals surface area contributed by atoms with E-state index < -0.39 is 0 Å². The van der Waals surface area contributed by atoms with Crippen molar-refractivity contribution in [2.24, 2.45) is 0 Å². The lowest BCUT2D eigenvalue weighted by Gasteiger charge is -2.14. The van der Waals surface area contributed by atoms with Gasteiger partial charge in [-0.2, -0.15) is 0 Å². The van der Waals surface area contributed by atoms with Crippen LogP contribution in [0.2, 0.25) is 0 Å². The molecule has 16 heavy (non-hydrogen) atoms. The first-order chi connectivity index (χ1) is 7.81. The molecule has 2 heterocycles.